The molecule has 2 fully saturated rings. The number of hydrogen-bond acceptors (Lipinski definition) is 4. The molecule has 1 aromatic rings. The standard InChI is InChI=1S/C16H12F3NO4/c17-16(18,19)8-2-1-3-9(6-8)20-13(22)11-10-4-5-15(7-21,24-10)12(11)14(20)23/h1-6,10-12,21H,7H2/t10-,11-,12-,15+/m0/s1. The van der Waals surface area contributed by atoms with Crippen molar-refractivity contribution in [1.29, 1.82) is 0 Å². The first-order valence-electron chi connectivity index (χ1n) is 7.32. The number of rotatable bonds is 2. The smallest absolute Gasteiger partial charge is 0.393 e. The van der Waals surface area contributed by atoms with Gasteiger partial charge < -0.3 is 9.84 Å². The molecule has 8 heteroatoms. The molecule has 0 aliphatic carbocycles. The van der Waals surface area contributed by atoms with Crippen molar-refractivity contribution in [3.8, 4) is 0 Å². The van der Waals surface area contributed by atoms with Crippen LogP contribution in [0.1, 0.15) is 5.56 Å². The molecule has 2 bridgehead atoms. The Morgan fingerprint density at radius 3 is 2.67 bits per heavy atom. The van der Waals surface area contributed by atoms with Gasteiger partial charge in [-0.15, -0.1) is 0 Å². The summed E-state index contributed by atoms with van der Waals surface area (Å²) in [4.78, 5) is 26.1. The minimum absolute atomic E-state index is 0.123. The minimum Gasteiger partial charge on any atom is -0.393 e. The van der Waals surface area contributed by atoms with Crippen LogP contribution in [0, 0.1) is 11.8 Å². The summed E-state index contributed by atoms with van der Waals surface area (Å²) in [6, 6.07) is 4.09. The number of halogens is 3. The number of carbonyl (C=O) groups excluding carboxylic acids is 2. The van der Waals surface area contributed by atoms with Crippen LogP contribution in [0.15, 0.2) is 36.4 Å². The number of benzene rings is 1. The molecule has 3 aliphatic heterocycles. The molecule has 5 nitrogen and oxygen atoms in total. The third kappa shape index (κ3) is 1.83. The van der Waals surface area contributed by atoms with Gasteiger partial charge in [-0.2, -0.15) is 13.2 Å². The maximum absolute atomic E-state index is 12.9. The molecule has 1 aromatic carbocycles. The molecule has 126 valence electrons. The van der Waals surface area contributed by atoms with Crippen LogP contribution in [0.3, 0.4) is 0 Å². The molecule has 24 heavy (non-hydrogen) atoms. The molecule has 0 unspecified atom stereocenters. The van der Waals surface area contributed by atoms with Gasteiger partial charge in [0.1, 0.15) is 5.60 Å². The summed E-state index contributed by atoms with van der Waals surface area (Å²) in [6.45, 7) is -0.476. The summed E-state index contributed by atoms with van der Waals surface area (Å²) >= 11 is 0. The zero-order valence-electron chi connectivity index (χ0n) is 12.2. The number of nitrogens with zero attached hydrogens (tertiary/aromatic N) is 1. The van der Waals surface area contributed by atoms with Gasteiger partial charge in [-0.25, -0.2) is 4.90 Å². The summed E-state index contributed by atoms with van der Waals surface area (Å²) in [5.74, 6) is -2.98. The number of aliphatic hydroxyl groups excluding tert-OH is 1. The van der Waals surface area contributed by atoms with Crippen molar-refractivity contribution >= 4 is 17.5 Å². The van der Waals surface area contributed by atoms with Crippen molar-refractivity contribution in [2.75, 3.05) is 11.5 Å². The lowest BCUT2D eigenvalue weighted by atomic mass is 9.77. The molecule has 4 rings (SSSR count). The maximum Gasteiger partial charge on any atom is 0.416 e. The van der Waals surface area contributed by atoms with Gasteiger partial charge in [0.15, 0.2) is 0 Å². The fraction of sp³-hybridized carbons (Fsp3) is 0.375. The number of aliphatic hydroxyl groups is 1. The van der Waals surface area contributed by atoms with Crippen LogP contribution in [0.5, 0.6) is 0 Å². The number of hydrogen-bond donors (Lipinski definition) is 1. The van der Waals surface area contributed by atoms with E-state index in [1.54, 1.807) is 12.2 Å². The van der Waals surface area contributed by atoms with Crippen LogP contribution in [-0.2, 0) is 20.5 Å². The Balaban J connectivity index is 1.75. The van der Waals surface area contributed by atoms with Crippen LogP contribution < -0.4 is 4.90 Å². The summed E-state index contributed by atoms with van der Waals surface area (Å²) in [6.07, 6.45) is -2.06. The quantitative estimate of drug-likeness (QED) is 0.655. The average molecular weight is 339 g/mol. The highest BCUT2D eigenvalue weighted by Crippen LogP contribution is 2.52. The lowest BCUT2D eigenvalue weighted by molar-refractivity contribution is -0.138. The summed E-state index contributed by atoms with van der Waals surface area (Å²) in [5, 5.41) is 9.59. The lowest BCUT2D eigenvalue weighted by Gasteiger charge is -2.26. The Kier molecular flexibility index (Phi) is 2.99. The van der Waals surface area contributed by atoms with Crippen LogP contribution in [0.4, 0.5) is 18.9 Å². The molecule has 0 spiro atoms. The summed E-state index contributed by atoms with van der Waals surface area (Å²) in [5.41, 5.74) is -2.33. The third-order valence-corrected chi connectivity index (χ3v) is 4.83. The minimum atomic E-state index is -4.58. The molecule has 3 heterocycles. The van der Waals surface area contributed by atoms with Crippen molar-refractivity contribution in [1.82, 2.24) is 0 Å². The highest BCUT2D eigenvalue weighted by Gasteiger charge is 2.67. The van der Waals surface area contributed by atoms with Crippen molar-refractivity contribution in [3.63, 3.8) is 0 Å². The van der Waals surface area contributed by atoms with Crippen molar-refractivity contribution in [2.24, 2.45) is 11.8 Å². The zero-order chi connectivity index (χ0) is 17.3. The highest BCUT2D eigenvalue weighted by molar-refractivity contribution is 6.23. The number of anilines is 1. The number of imide groups is 1. The number of ether oxygens (including phenoxy) is 1. The van der Waals surface area contributed by atoms with Gasteiger partial charge in [-0.3, -0.25) is 9.59 Å². The molecular weight excluding hydrogens is 327 g/mol. The molecule has 2 amide bonds. The number of alkyl halides is 3. The summed E-state index contributed by atoms with van der Waals surface area (Å²) < 4.78 is 44.2. The molecule has 1 N–H and O–H groups in total. The van der Waals surface area contributed by atoms with Crippen molar-refractivity contribution in [2.45, 2.75) is 17.9 Å². The molecule has 0 radical (unpaired) electrons. The van der Waals surface area contributed by atoms with Gasteiger partial charge in [0, 0.05) is 0 Å². The van der Waals surface area contributed by atoms with E-state index in [1.807, 2.05) is 0 Å². The second kappa shape index (κ2) is 4.67. The lowest BCUT2D eigenvalue weighted by Crippen LogP contribution is -2.43. The Labute approximate surface area is 134 Å². The van der Waals surface area contributed by atoms with Gasteiger partial charge in [-0.1, -0.05) is 18.2 Å². The fourth-order valence-corrected chi connectivity index (χ4v) is 3.76. The van der Waals surface area contributed by atoms with Gasteiger partial charge >= 0.3 is 6.18 Å². The summed E-state index contributed by atoms with van der Waals surface area (Å²) in [7, 11) is 0. The number of fused-ring (bicyclic) bond motifs is 5. The Morgan fingerprint density at radius 1 is 1.25 bits per heavy atom. The first-order chi connectivity index (χ1) is 11.3. The predicted octanol–water partition coefficient (Wildman–Crippen LogP) is 1.51. The first kappa shape index (κ1) is 15.3. The van der Waals surface area contributed by atoms with Gasteiger partial charge in [0.25, 0.3) is 0 Å². The van der Waals surface area contributed by atoms with E-state index >= 15 is 0 Å². The second-order valence-corrected chi connectivity index (χ2v) is 6.12. The van der Waals surface area contributed by atoms with E-state index in [4.69, 9.17) is 4.74 Å². The van der Waals surface area contributed by atoms with Crippen LogP contribution >= 0.6 is 0 Å². The molecule has 3 aliphatic rings. The topological polar surface area (TPSA) is 66.8 Å². The van der Waals surface area contributed by atoms with E-state index in [0.29, 0.717) is 0 Å². The van der Waals surface area contributed by atoms with Gasteiger partial charge in [-0.05, 0) is 18.2 Å². The van der Waals surface area contributed by atoms with Crippen molar-refractivity contribution in [3.05, 3.63) is 42.0 Å². The van der Waals surface area contributed by atoms with Crippen LogP contribution in [0.2, 0.25) is 0 Å². The molecule has 2 saturated heterocycles. The van der Waals surface area contributed by atoms with E-state index in [-0.39, 0.29) is 5.69 Å². The normalized spacial score (nSPS) is 34.3. The van der Waals surface area contributed by atoms with Crippen molar-refractivity contribution < 1.29 is 32.6 Å². The Bertz CT molecular complexity index is 775. The first-order valence-corrected chi connectivity index (χ1v) is 7.32. The molecule has 0 aromatic heterocycles. The van der Waals surface area contributed by atoms with E-state index < -0.39 is 53.7 Å². The molecule has 4 atom stereocenters. The third-order valence-electron chi connectivity index (χ3n) is 4.83. The largest absolute Gasteiger partial charge is 0.416 e. The number of carbonyl (C=O) groups is 2. The maximum atomic E-state index is 12.9. The SMILES string of the molecule is O=C1[C@H]2[C@@H]3C=C[C@](CO)(O3)[C@@H]2C(=O)N1c1cccc(C(F)(F)F)c1. The van der Waals surface area contributed by atoms with E-state index in [0.717, 1.165) is 23.1 Å². The van der Waals surface area contributed by atoms with E-state index in [1.165, 1.54) is 6.07 Å². The van der Waals surface area contributed by atoms with E-state index in [2.05, 4.69) is 0 Å². The Hall–Kier alpha value is -2.19. The monoisotopic (exact) mass is 339 g/mol. The van der Waals surface area contributed by atoms with Gasteiger partial charge in [0.2, 0.25) is 11.8 Å². The fourth-order valence-electron chi connectivity index (χ4n) is 3.76. The zero-order valence-corrected chi connectivity index (χ0v) is 12.2. The van der Waals surface area contributed by atoms with Crippen LogP contribution in [-0.4, -0.2) is 35.2 Å². The highest BCUT2D eigenvalue weighted by atomic mass is 19.4. The average Bonchev–Trinajstić information content (AvgIpc) is 3.18. The predicted molar refractivity (Wildman–Crippen MR) is 74.7 cm³/mol. The second-order valence-electron chi connectivity index (χ2n) is 6.12. The van der Waals surface area contributed by atoms with E-state index in [9.17, 15) is 27.9 Å². The Morgan fingerprint density at radius 2 is 2.00 bits per heavy atom. The molecule has 0 saturated carbocycles. The molecular formula is C16H12F3NO4. The van der Waals surface area contributed by atoms with Crippen LogP contribution in [0.25, 0.3) is 0 Å². The van der Waals surface area contributed by atoms with Gasteiger partial charge in [0.05, 0.1) is 35.8 Å². The number of amides is 2.